The standard InChI is InChI=1S/C14H11ClN4O2S2/c15-9-1-3-11(4-2-9)21-6-13-17-10(7-22-13)5-12(20)18-14-19-16-8-23-14/h1-4,7-8H,5-6H2,(H,18,19,20). The third-order valence-electron chi connectivity index (χ3n) is 2.72. The van der Waals surface area contributed by atoms with Gasteiger partial charge in [-0.25, -0.2) is 4.98 Å². The Morgan fingerprint density at radius 2 is 2.09 bits per heavy atom. The topological polar surface area (TPSA) is 77.0 Å². The van der Waals surface area contributed by atoms with Crippen LogP contribution in [0.25, 0.3) is 0 Å². The van der Waals surface area contributed by atoms with Crippen molar-refractivity contribution >= 4 is 45.3 Å². The number of benzene rings is 1. The Bertz CT molecular complexity index is 774. The number of thiazole rings is 1. The van der Waals surface area contributed by atoms with E-state index in [9.17, 15) is 4.79 Å². The van der Waals surface area contributed by atoms with Crippen LogP contribution in [-0.4, -0.2) is 21.1 Å². The normalized spacial score (nSPS) is 10.5. The molecule has 0 spiro atoms. The fourth-order valence-corrected chi connectivity index (χ4v) is 3.02. The Morgan fingerprint density at radius 1 is 1.26 bits per heavy atom. The van der Waals surface area contributed by atoms with E-state index in [1.807, 2.05) is 5.38 Å². The summed E-state index contributed by atoms with van der Waals surface area (Å²) in [5.41, 5.74) is 2.26. The highest BCUT2D eigenvalue weighted by Crippen LogP contribution is 2.18. The van der Waals surface area contributed by atoms with Crippen LogP contribution in [-0.2, 0) is 17.8 Å². The first kappa shape index (κ1) is 15.9. The molecule has 0 fully saturated rings. The number of amides is 1. The number of nitrogens with zero attached hydrogens (tertiary/aromatic N) is 3. The fourth-order valence-electron chi connectivity index (χ4n) is 1.73. The Kier molecular flexibility index (Phi) is 5.16. The van der Waals surface area contributed by atoms with Gasteiger partial charge in [0.25, 0.3) is 0 Å². The molecule has 1 amide bonds. The van der Waals surface area contributed by atoms with E-state index in [1.54, 1.807) is 29.8 Å². The lowest BCUT2D eigenvalue weighted by molar-refractivity contribution is -0.115. The van der Waals surface area contributed by atoms with Gasteiger partial charge < -0.3 is 10.1 Å². The maximum Gasteiger partial charge on any atom is 0.232 e. The van der Waals surface area contributed by atoms with Crippen molar-refractivity contribution in [2.75, 3.05) is 5.32 Å². The molecule has 0 aliphatic heterocycles. The van der Waals surface area contributed by atoms with Crippen molar-refractivity contribution in [2.45, 2.75) is 13.0 Å². The second-order valence-corrected chi connectivity index (χ2v) is 6.66. The molecule has 3 aromatic rings. The molecule has 0 unspecified atom stereocenters. The summed E-state index contributed by atoms with van der Waals surface area (Å²) in [6, 6.07) is 7.13. The highest BCUT2D eigenvalue weighted by atomic mass is 35.5. The predicted molar refractivity (Wildman–Crippen MR) is 90.1 cm³/mol. The number of hydrogen-bond acceptors (Lipinski definition) is 7. The molecular formula is C14H11ClN4O2S2. The lowest BCUT2D eigenvalue weighted by Crippen LogP contribution is -2.14. The monoisotopic (exact) mass is 366 g/mol. The molecule has 23 heavy (non-hydrogen) atoms. The third-order valence-corrected chi connectivity index (χ3v) is 4.45. The second kappa shape index (κ2) is 7.49. The molecule has 3 rings (SSSR count). The summed E-state index contributed by atoms with van der Waals surface area (Å²) in [5.74, 6) is 0.553. The van der Waals surface area contributed by atoms with Crippen LogP contribution >= 0.6 is 34.3 Å². The van der Waals surface area contributed by atoms with E-state index in [0.717, 1.165) is 10.8 Å². The lowest BCUT2D eigenvalue weighted by Gasteiger charge is -2.03. The molecule has 9 heteroatoms. The van der Waals surface area contributed by atoms with Crippen LogP contribution in [0.3, 0.4) is 0 Å². The molecule has 2 heterocycles. The number of nitrogens with one attached hydrogen (secondary N) is 1. The Labute approximate surface area is 145 Å². The third kappa shape index (κ3) is 4.72. The highest BCUT2D eigenvalue weighted by Gasteiger charge is 2.10. The minimum absolute atomic E-state index is 0.169. The molecule has 0 radical (unpaired) electrons. The zero-order valence-electron chi connectivity index (χ0n) is 11.7. The van der Waals surface area contributed by atoms with Gasteiger partial charge in [0.2, 0.25) is 11.0 Å². The molecule has 118 valence electrons. The van der Waals surface area contributed by atoms with E-state index >= 15 is 0 Å². The van der Waals surface area contributed by atoms with Crippen LogP contribution < -0.4 is 10.1 Å². The van der Waals surface area contributed by atoms with Gasteiger partial charge in [-0.2, -0.15) is 0 Å². The van der Waals surface area contributed by atoms with Gasteiger partial charge in [-0.05, 0) is 24.3 Å². The zero-order valence-corrected chi connectivity index (χ0v) is 14.1. The molecule has 1 N–H and O–H groups in total. The van der Waals surface area contributed by atoms with E-state index in [2.05, 4.69) is 20.5 Å². The molecule has 0 saturated carbocycles. The fraction of sp³-hybridized carbons (Fsp3) is 0.143. The number of halogens is 1. The van der Waals surface area contributed by atoms with Crippen LogP contribution in [0.15, 0.2) is 35.2 Å². The smallest absolute Gasteiger partial charge is 0.232 e. The van der Waals surface area contributed by atoms with Gasteiger partial charge in [-0.1, -0.05) is 22.9 Å². The summed E-state index contributed by atoms with van der Waals surface area (Å²) in [5, 5.41) is 13.9. The van der Waals surface area contributed by atoms with Gasteiger partial charge >= 0.3 is 0 Å². The number of carbonyl (C=O) groups is 1. The maximum atomic E-state index is 11.8. The van der Waals surface area contributed by atoms with Gasteiger partial charge in [0, 0.05) is 10.4 Å². The summed E-state index contributed by atoms with van der Waals surface area (Å²) >= 11 is 8.55. The van der Waals surface area contributed by atoms with Crippen molar-refractivity contribution in [3.63, 3.8) is 0 Å². The van der Waals surface area contributed by atoms with Crippen molar-refractivity contribution in [3.05, 3.63) is 50.9 Å². The molecule has 0 saturated heterocycles. The second-order valence-electron chi connectivity index (χ2n) is 4.44. The van der Waals surface area contributed by atoms with Crippen LogP contribution in [0.5, 0.6) is 5.75 Å². The van der Waals surface area contributed by atoms with Gasteiger partial charge in [0.1, 0.15) is 22.9 Å². The summed E-state index contributed by atoms with van der Waals surface area (Å²) in [6.45, 7) is 0.352. The van der Waals surface area contributed by atoms with Crippen LogP contribution in [0.4, 0.5) is 5.13 Å². The van der Waals surface area contributed by atoms with Crippen molar-refractivity contribution in [1.29, 1.82) is 0 Å². The zero-order chi connectivity index (χ0) is 16.1. The number of anilines is 1. The van der Waals surface area contributed by atoms with Crippen LogP contribution in [0.2, 0.25) is 5.02 Å². The minimum Gasteiger partial charge on any atom is -0.486 e. The first-order chi connectivity index (χ1) is 11.2. The number of hydrogen-bond donors (Lipinski definition) is 1. The molecular weight excluding hydrogens is 356 g/mol. The van der Waals surface area contributed by atoms with Gasteiger partial charge in [-0.3, -0.25) is 4.79 Å². The van der Waals surface area contributed by atoms with E-state index in [0.29, 0.717) is 22.5 Å². The van der Waals surface area contributed by atoms with Gasteiger partial charge in [0.05, 0.1) is 12.1 Å². The predicted octanol–water partition coefficient (Wildman–Crippen LogP) is 3.41. The molecule has 2 aromatic heterocycles. The molecule has 0 bridgehead atoms. The van der Waals surface area contributed by atoms with Crippen molar-refractivity contribution < 1.29 is 9.53 Å². The molecule has 6 nitrogen and oxygen atoms in total. The Morgan fingerprint density at radius 3 is 2.83 bits per heavy atom. The van der Waals surface area contributed by atoms with Gasteiger partial charge in [-0.15, -0.1) is 21.5 Å². The first-order valence-corrected chi connectivity index (χ1v) is 8.70. The van der Waals surface area contributed by atoms with Crippen LogP contribution in [0.1, 0.15) is 10.7 Å². The summed E-state index contributed by atoms with van der Waals surface area (Å²) < 4.78 is 5.62. The number of aromatic nitrogens is 3. The number of rotatable bonds is 6. The molecule has 1 aromatic carbocycles. The van der Waals surface area contributed by atoms with Crippen molar-refractivity contribution in [3.8, 4) is 5.75 Å². The Hall–Kier alpha value is -2.03. The first-order valence-electron chi connectivity index (χ1n) is 6.57. The van der Waals surface area contributed by atoms with E-state index in [4.69, 9.17) is 16.3 Å². The van der Waals surface area contributed by atoms with E-state index in [1.165, 1.54) is 22.7 Å². The largest absolute Gasteiger partial charge is 0.486 e. The van der Waals surface area contributed by atoms with E-state index < -0.39 is 0 Å². The Balaban J connectivity index is 1.51. The van der Waals surface area contributed by atoms with Gasteiger partial charge in [0.15, 0.2) is 0 Å². The molecule has 0 aliphatic rings. The summed E-state index contributed by atoms with van der Waals surface area (Å²) in [4.78, 5) is 16.2. The average Bonchev–Trinajstić information content (AvgIpc) is 3.19. The average molecular weight is 367 g/mol. The highest BCUT2D eigenvalue weighted by molar-refractivity contribution is 7.13. The number of carbonyl (C=O) groups excluding carboxylic acids is 1. The van der Waals surface area contributed by atoms with Crippen LogP contribution in [0, 0.1) is 0 Å². The maximum absolute atomic E-state index is 11.8. The van der Waals surface area contributed by atoms with Crippen molar-refractivity contribution in [2.24, 2.45) is 0 Å². The lowest BCUT2D eigenvalue weighted by atomic mass is 10.3. The number of ether oxygens (including phenoxy) is 1. The SMILES string of the molecule is O=C(Cc1csc(COc2ccc(Cl)cc2)n1)Nc1nncs1. The van der Waals surface area contributed by atoms with E-state index in [-0.39, 0.29) is 12.3 Å². The van der Waals surface area contributed by atoms with Crippen molar-refractivity contribution in [1.82, 2.24) is 15.2 Å². The quantitative estimate of drug-likeness (QED) is 0.723. The molecule has 0 aliphatic carbocycles. The summed E-state index contributed by atoms with van der Waals surface area (Å²) in [6.07, 6.45) is 0.191. The summed E-state index contributed by atoms with van der Waals surface area (Å²) in [7, 11) is 0. The molecule has 0 atom stereocenters. The minimum atomic E-state index is -0.169.